The summed E-state index contributed by atoms with van der Waals surface area (Å²) in [5.41, 5.74) is 2.85. The zero-order valence-corrected chi connectivity index (χ0v) is 14.4. The molecule has 0 fully saturated rings. The number of anilines is 1. The second-order valence-electron chi connectivity index (χ2n) is 5.39. The fourth-order valence-electron chi connectivity index (χ4n) is 2.43. The molecule has 0 spiro atoms. The van der Waals surface area contributed by atoms with Crippen molar-refractivity contribution in [1.82, 2.24) is 0 Å². The van der Waals surface area contributed by atoms with Crippen LogP contribution in [0.4, 0.5) is 5.69 Å². The molecular formula is C21H19ClN2O. The number of amides is 1. The summed E-state index contributed by atoms with van der Waals surface area (Å²) >= 11 is 0. The number of benzene rings is 2. The SMILES string of the molecule is O=C(/C=C/c1ccccc1)N(Cc1cccc[nH+]1)c1ccccc1.[Cl-]. The third kappa shape index (κ3) is 5.30. The largest absolute Gasteiger partial charge is 1.00 e. The first kappa shape index (κ1) is 18.4. The molecule has 1 amide bonds. The van der Waals surface area contributed by atoms with Crippen LogP contribution < -0.4 is 22.3 Å². The lowest BCUT2D eigenvalue weighted by Gasteiger charge is -2.19. The molecule has 1 heterocycles. The predicted octanol–water partition coefficient (Wildman–Crippen LogP) is 0.751. The van der Waals surface area contributed by atoms with Crippen LogP contribution in [-0.4, -0.2) is 5.91 Å². The maximum Gasteiger partial charge on any atom is 0.251 e. The van der Waals surface area contributed by atoms with Crippen molar-refractivity contribution in [3.8, 4) is 0 Å². The first-order chi connectivity index (χ1) is 11.8. The average molecular weight is 351 g/mol. The van der Waals surface area contributed by atoms with Crippen molar-refractivity contribution in [3.05, 3.63) is 102 Å². The van der Waals surface area contributed by atoms with E-state index in [0.717, 1.165) is 16.9 Å². The minimum absolute atomic E-state index is 0. The van der Waals surface area contributed by atoms with Crippen LogP contribution in [0.3, 0.4) is 0 Å². The van der Waals surface area contributed by atoms with E-state index in [2.05, 4.69) is 4.98 Å². The molecule has 0 atom stereocenters. The van der Waals surface area contributed by atoms with Gasteiger partial charge in [0.25, 0.3) is 5.91 Å². The zero-order valence-electron chi connectivity index (χ0n) is 13.7. The molecule has 0 saturated carbocycles. The maximum atomic E-state index is 12.7. The number of aromatic nitrogens is 1. The Morgan fingerprint density at radius 1 is 0.880 bits per heavy atom. The molecule has 4 heteroatoms. The Morgan fingerprint density at radius 2 is 1.52 bits per heavy atom. The Kier molecular flexibility index (Phi) is 6.93. The predicted molar refractivity (Wildman–Crippen MR) is 96.1 cm³/mol. The molecule has 3 rings (SSSR count). The van der Waals surface area contributed by atoms with E-state index >= 15 is 0 Å². The van der Waals surface area contributed by atoms with E-state index < -0.39 is 0 Å². The van der Waals surface area contributed by atoms with Gasteiger partial charge in [0.1, 0.15) is 6.54 Å². The highest BCUT2D eigenvalue weighted by atomic mass is 35.5. The van der Waals surface area contributed by atoms with Crippen LogP contribution in [0.15, 0.2) is 91.1 Å². The average Bonchev–Trinajstić information content (AvgIpc) is 2.66. The van der Waals surface area contributed by atoms with Crippen LogP contribution in [0, 0.1) is 0 Å². The molecule has 0 aliphatic carbocycles. The van der Waals surface area contributed by atoms with Gasteiger partial charge in [-0.2, -0.15) is 0 Å². The first-order valence-corrected chi connectivity index (χ1v) is 7.88. The van der Waals surface area contributed by atoms with Crippen LogP contribution in [0.2, 0.25) is 0 Å². The summed E-state index contributed by atoms with van der Waals surface area (Å²) in [5, 5.41) is 0. The molecule has 25 heavy (non-hydrogen) atoms. The number of nitrogens with zero attached hydrogens (tertiary/aromatic N) is 1. The molecule has 0 saturated heterocycles. The topological polar surface area (TPSA) is 34.5 Å². The number of carbonyl (C=O) groups excluding carboxylic acids is 1. The number of aromatic amines is 1. The number of nitrogens with one attached hydrogen (secondary N) is 1. The molecule has 126 valence electrons. The molecule has 0 radical (unpaired) electrons. The third-order valence-electron chi connectivity index (χ3n) is 3.65. The number of H-pyrrole nitrogens is 1. The van der Waals surface area contributed by atoms with Crippen molar-refractivity contribution in [2.75, 3.05) is 4.90 Å². The van der Waals surface area contributed by atoms with Gasteiger partial charge in [0.05, 0.1) is 0 Å². The number of rotatable bonds is 5. The third-order valence-corrected chi connectivity index (χ3v) is 3.65. The summed E-state index contributed by atoms with van der Waals surface area (Å²) in [4.78, 5) is 17.7. The van der Waals surface area contributed by atoms with Gasteiger partial charge in [-0.15, -0.1) is 0 Å². The molecule has 0 aliphatic rings. The van der Waals surface area contributed by atoms with Crippen LogP contribution in [0.25, 0.3) is 6.08 Å². The number of para-hydroxylation sites is 1. The number of hydrogen-bond donors (Lipinski definition) is 0. The van der Waals surface area contributed by atoms with Crippen molar-refractivity contribution in [3.63, 3.8) is 0 Å². The monoisotopic (exact) mass is 350 g/mol. The fraction of sp³-hybridized carbons (Fsp3) is 0.0476. The minimum atomic E-state index is -0.0534. The summed E-state index contributed by atoms with van der Waals surface area (Å²) in [6, 6.07) is 25.4. The maximum absolute atomic E-state index is 12.7. The van der Waals surface area contributed by atoms with Gasteiger partial charge in [-0.1, -0.05) is 54.6 Å². The number of hydrogen-bond acceptors (Lipinski definition) is 1. The molecule has 1 N–H and O–H groups in total. The number of carbonyl (C=O) groups is 1. The molecule has 0 aliphatic heterocycles. The van der Waals surface area contributed by atoms with Crippen LogP contribution >= 0.6 is 0 Å². The van der Waals surface area contributed by atoms with Crippen LogP contribution in [0.1, 0.15) is 11.3 Å². The van der Waals surface area contributed by atoms with Crippen LogP contribution in [0.5, 0.6) is 0 Å². The van der Waals surface area contributed by atoms with Crippen molar-refractivity contribution >= 4 is 17.7 Å². The summed E-state index contributed by atoms with van der Waals surface area (Å²) in [6.07, 6.45) is 5.32. The lowest BCUT2D eigenvalue weighted by atomic mass is 10.2. The summed E-state index contributed by atoms with van der Waals surface area (Å²) in [6.45, 7) is 0.489. The van der Waals surface area contributed by atoms with Gasteiger partial charge in [-0.25, -0.2) is 4.98 Å². The van der Waals surface area contributed by atoms with Gasteiger partial charge in [0.2, 0.25) is 0 Å². The lowest BCUT2D eigenvalue weighted by Crippen LogP contribution is -3.00. The number of halogens is 1. The normalized spacial score (nSPS) is 10.2. The van der Waals surface area contributed by atoms with Crippen molar-refractivity contribution in [2.24, 2.45) is 0 Å². The van der Waals surface area contributed by atoms with Gasteiger partial charge in [-0.3, -0.25) is 9.69 Å². The van der Waals surface area contributed by atoms with Gasteiger partial charge in [-0.05, 0) is 23.8 Å². The van der Waals surface area contributed by atoms with E-state index in [1.54, 1.807) is 11.0 Å². The van der Waals surface area contributed by atoms with Gasteiger partial charge >= 0.3 is 0 Å². The fourth-order valence-corrected chi connectivity index (χ4v) is 2.43. The molecule has 3 aromatic rings. The second-order valence-corrected chi connectivity index (χ2v) is 5.39. The Balaban J connectivity index is 0.00000225. The van der Waals surface area contributed by atoms with E-state index in [9.17, 15) is 4.79 Å². The van der Waals surface area contributed by atoms with Gasteiger partial charge < -0.3 is 12.4 Å². The smallest absolute Gasteiger partial charge is 0.251 e. The van der Waals surface area contributed by atoms with E-state index in [-0.39, 0.29) is 18.3 Å². The van der Waals surface area contributed by atoms with E-state index in [1.165, 1.54) is 0 Å². The van der Waals surface area contributed by atoms with Gasteiger partial charge in [0.15, 0.2) is 11.9 Å². The summed E-state index contributed by atoms with van der Waals surface area (Å²) in [5.74, 6) is -0.0534. The standard InChI is InChI=1S/C21H18N2O.ClH/c24-21(15-14-18-9-3-1-4-10-18)23(20-12-5-2-6-13-20)17-19-11-7-8-16-22-19;/h1-16H,17H2;1H/b15-14+;. The van der Waals surface area contributed by atoms with Gasteiger partial charge in [0, 0.05) is 23.9 Å². The van der Waals surface area contributed by atoms with E-state index in [0.29, 0.717) is 6.54 Å². The first-order valence-electron chi connectivity index (χ1n) is 7.88. The molecular weight excluding hydrogens is 332 g/mol. The molecule has 1 aromatic heterocycles. The Hall–Kier alpha value is -2.91. The lowest BCUT2D eigenvalue weighted by molar-refractivity contribution is -0.390. The second kappa shape index (κ2) is 9.40. The quantitative estimate of drug-likeness (QED) is 0.625. The molecule has 3 nitrogen and oxygen atoms in total. The zero-order chi connectivity index (χ0) is 16.6. The summed E-state index contributed by atoms with van der Waals surface area (Å²) < 4.78 is 0. The highest BCUT2D eigenvalue weighted by Crippen LogP contribution is 2.16. The van der Waals surface area contributed by atoms with Crippen molar-refractivity contribution < 1.29 is 22.2 Å². The van der Waals surface area contributed by atoms with Crippen LogP contribution in [-0.2, 0) is 11.3 Å². The van der Waals surface area contributed by atoms with Crippen molar-refractivity contribution in [1.29, 1.82) is 0 Å². The molecule has 2 aromatic carbocycles. The van der Waals surface area contributed by atoms with E-state index in [4.69, 9.17) is 0 Å². The minimum Gasteiger partial charge on any atom is -1.00 e. The van der Waals surface area contributed by atoms with E-state index in [1.807, 2.05) is 91.1 Å². The van der Waals surface area contributed by atoms with Crippen molar-refractivity contribution in [2.45, 2.75) is 6.54 Å². The highest BCUT2D eigenvalue weighted by molar-refractivity contribution is 6.03. The molecule has 0 unspecified atom stereocenters. The number of pyridine rings is 1. The molecule has 0 bridgehead atoms. The Labute approximate surface area is 154 Å². The summed E-state index contributed by atoms with van der Waals surface area (Å²) in [7, 11) is 0. The highest BCUT2D eigenvalue weighted by Gasteiger charge is 2.16. The Morgan fingerprint density at radius 3 is 2.16 bits per heavy atom. The Bertz CT molecular complexity index is 805.